The van der Waals surface area contributed by atoms with Crippen molar-refractivity contribution in [3.8, 4) is 0 Å². The molecule has 1 amide bonds. The Kier molecular flexibility index (Phi) is 5.94. The molecule has 3 nitrogen and oxygen atoms in total. The van der Waals surface area contributed by atoms with Crippen molar-refractivity contribution < 1.29 is 4.79 Å². The highest BCUT2D eigenvalue weighted by atomic mass is 16.2. The first-order valence-corrected chi connectivity index (χ1v) is 9.85. The van der Waals surface area contributed by atoms with Gasteiger partial charge in [0.05, 0.1) is 0 Å². The lowest BCUT2D eigenvalue weighted by Gasteiger charge is -2.23. The van der Waals surface area contributed by atoms with Crippen LogP contribution in [-0.4, -0.2) is 18.5 Å². The summed E-state index contributed by atoms with van der Waals surface area (Å²) in [6, 6.07) is 6.79. The minimum absolute atomic E-state index is 0.234. The van der Waals surface area contributed by atoms with Gasteiger partial charge in [0, 0.05) is 24.7 Å². The number of rotatable bonds is 6. The van der Waals surface area contributed by atoms with Gasteiger partial charge in [0.1, 0.15) is 0 Å². The van der Waals surface area contributed by atoms with Crippen molar-refractivity contribution in [2.24, 2.45) is 11.7 Å². The van der Waals surface area contributed by atoms with E-state index in [2.05, 4.69) is 25.1 Å². The van der Waals surface area contributed by atoms with E-state index in [0.717, 1.165) is 43.8 Å². The van der Waals surface area contributed by atoms with Crippen molar-refractivity contribution >= 4 is 11.6 Å². The van der Waals surface area contributed by atoms with Gasteiger partial charge < -0.3 is 10.6 Å². The molecule has 1 heterocycles. The van der Waals surface area contributed by atoms with E-state index in [1.54, 1.807) is 0 Å². The molecule has 1 fully saturated rings. The fraction of sp³-hybridized carbons (Fsp3) is 0.667. The number of fused-ring (bicyclic) bond motifs is 1. The van der Waals surface area contributed by atoms with Crippen LogP contribution in [0.4, 0.5) is 5.69 Å². The zero-order chi connectivity index (χ0) is 16.9. The molecule has 1 unspecified atom stereocenters. The quantitative estimate of drug-likeness (QED) is 0.850. The number of carbonyl (C=O) groups excluding carboxylic acids is 1. The van der Waals surface area contributed by atoms with Gasteiger partial charge in [-0.15, -0.1) is 0 Å². The van der Waals surface area contributed by atoms with Crippen molar-refractivity contribution in [3.63, 3.8) is 0 Å². The first kappa shape index (κ1) is 17.5. The summed E-state index contributed by atoms with van der Waals surface area (Å²) in [7, 11) is 0. The summed E-state index contributed by atoms with van der Waals surface area (Å²) in [6.07, 6.45) is 11.5. The third-order valence-electron chi connectivity index (χ3n) is 5.85. The van der Waals surface area contributed by atoms with Gasteiger partial charge in [-0.25, -0.2) is 0 Å². The van der Waals surface area contributed by atoms with Gasteiger partial charge in [0.15, 0.2) is 0 Å². The lowest BCUT2D eigenvalue weighted by atomic mass is 9.86. The molecule has 0 aromatic heterocycles. The average Bonchev–Trinajstić information content (AvgIpc) is 3.03. The highest BCUT2D eigenvalue weighted by Crippen LogP contribution is 2.32. The summed E-state index contributed by atoms with van der Waals surface area (Å²) in [5.41, 5.74) is 9.83. The van der Waals surface area contributed by atoms with Gasteiger partial charge in [-0.1, -0.05) is 51.2 Å². The third kappa shape index (κ3) is 4.18. The second kappa shape index (κ2) is 8.15. The molecule has 1 aliphatic heterocycles. The summed E-state index contributed by atoms with van der Waals surface area (Å²) in [6.45, 7) is 2.98. The van der Waals surface area contributed by atoms with Gasteiger partial charge >= 0.3 is 0 Å². The van der Waals surface area contributed by atoms with Gasteiger partial charge in [-0.2, -0.15) is 0 Å². The van der Waals surface area contributed by atoms with Crippen molar-refractivity contribution in [1.82, 2.24) is 0 Å². The minimum Gasteiger partial charge on any atom is -0.327 e. The number of nitrogens with two attached hydrogens (primary N) is 1. The number of amides is 1. The smallest absolute Gasteiger partial charge is 0.227 e. The molecule has 3 rings (SSSR count). The standard InChI is InChI=1S/C21H32N2O/c1-2-19(22)15-17-8-10-20-18(14-17)12-13-23(20)21(24)11-9-16-6-4-3-5-7-16/h8,10,14,16,19H,2-7,9,11-13,15,22H2,1H3. The lowest BCUT2D eigenvalue weighted by Crippen LogP contribution is -2.29. The Labute approximate surface area is 146 Å². The molecular formula is C21H32N2O. The molecule has 0 spiro atoms. The number of hydrogen-bond acceptors (Lipinski definition) is 2. The van der Waals surface area contributed by atoms with E-state index in [1.807, 2.05) is 4.90 Å². The fourth-order valence-electron chi connectivity index (χ4n) is 4.23. The van der Waals surface area contributed by atoms with E-state index >= 15 is 0 Å². The number of hydrogen-bond donors (Lipinski definition) is 1. The van der Waals surface area contributed by atoms with Crippen LogP contribution in [0.1, 0.15) is 69.4 Å². The van der Waals surface area contributed by atoms with Crippen LogP contribution in [0.3, 0.4) is 0 Å². The molecule has 24 heavy (non-hydrogen) atoms. The van der Waals surface area contributed by atoms with Crippen LogP contribution in [0.15, 0.2) is 18.2 Å². The number of nitrogens with zero attached hydrogens (tertiary/aromatic N) is 1. The molecule has 1 aliphatic carbocycles. The Morgan fingerprint density at radius 3 is 2.83 bits per heavy atom. The van der Waals surface area contributed by atoms with Crippen molar-refractivity contribution in [2.75, 3.05) is 11.4 Å². The number of carbonyl (C=O) groups is 1. The predicted octanol–water partition coefficient (Wildman–Crippen LogP) is 4.22. The van der Waals surface area contributed by atoms with E-state index in [9.17, 15) is 4.79 Å². The summed E-state index contributed by atoms with van der Waals surface area (Å²) < 4.78 is 0. The molecule has 1 atom stereocenters. The van der Waals surface area contributed by atoms with Crippen LogP contribution >= 0.6 is 0 Å². The Balaban J connectivity index is 1.58. The van der Waals surface area contributed by atoms with E-state index in [1.165, 1.54) is 43.2 Å². The van der Waals surface area contributed by atoms with Crippen molar-refractivity contribution in [1.29, 1.82) is 0 Å². The van der Waals surface area contributed by atoms with E-state index in [-0.39, 0.29) is 6.04 Å². The van der Waals surface area contributed by atoms with E-state index in [4.69, 9.17) is 5.73 Å². The topological polar surface area (TPSA) is 46.3 Å². The molecule has 0 saturated heterocycles. The predicted molar refractivity (Wildman–Crippen MR) is 100 cm³/mol. The first-order chi connectivity index (χ1) is 11.7. The lowest BCUT2D eigenvalue weighted by molar-refractivity contribution is -0.118. The monoisotopic (exact) mass is 328 g/mol. The van der Waals surface area contributed by atoms with Crippen LogP contribution in [0.25, 0.3) is 0 Å². The zero-order valence-electron chi connectivity index (χ0n) is 15.1. The molecule has 3 heteroatoms. The highest BCUT2D eigenvalue weighted by molar-refractivity contribution is 5.95. The van der Waals surface area contributed by atoms with Crippen LogP contribution in [0.2, 0.25) is 0 Å². The van der Waals surface area contributed by atoms with Crippen molar-refractivity contribution in [2.45, 2.75) is 77.2 Å². The molecule has 0 bridgehead atoms. The summed E-state index contributed by atoms with van der Waals surface area (Å²) in [5, 5.41) is 0. The van der Waals surface area contributed by atoms with Gasteiger partial charge in [-0.3, -0.25) is 4.79 Å². The Bertz CT molecular complexity index is 563. The zero-order valence-corrected chi connectivity index (χ0v) is 15.1. The highest BCUT2D eigenvalue weighted by Gasteiger charge is 2.25. The summed E-state index contributed by atoms with van der Waals surface area (Å²) in [5.74, 6) is 1.10. The molecule has 2 aliphatic rings. The maximum atomic E-state index is 12.7. The van der Waals surface area contributed by atoms with Crippen LogP contribution in [-0.2, 0) is 17.6 Å². The third-order valence-corrected chi connectivity index (χ3v) is 5.85. The normalized spacial score (nSPS) is 19.3. The number of anilines is 1. The maximum Gasteiger partial charge on any atom is 0.227 e. The number of benzene rings is 1. The largest absolute Gasteiger partial charge is 0.327 e. The minimum atomic E-state index is 0.234. The average molecular weight is 329 g/mol. The molecule has 1 aromatic carbocycles. The summed E-state index contributed by atoms with van der Waals surface area (Å²) >= 11 is 0. The molecule has 1 aromatic rings. The molecule has 0 radical (unpaired) electrons. The van der Waals surface area contributed by atoms with Crippen LogP contribution in [0.5, 0.6) is 0 Å². The Hall–Kier alpha value is -1.35. The molecular weight excluding hydrogens is 296 g/mol. The maximum absolute atomic E-state index is 12.7. The second-order valence-corrected chi connectivity index (χ2v) is 7.67. The van der Waals surface area contributed by atoms with Gasteiger partial charge in [0.25, 0.3) is 0 Å². The van der Waals surface area contributed by atoms with Gasteiger partial charge in [-0.05, 0) is 48.8 Å². The first-order valence-electron chi connectivity index (χ1n) is 9.85. The second-order valence-electron chi connectivity index (χ2n) is 7.67. The van der Waals surface area contributed by atoms with Crippen molar-refractivity contribution in [3.05, 3.63) is 29.3 Å². The Morgan fingerprint density at radius 1 is 1.29 bits per heavy atom. The fourth-order valence-corrected chi connectivity index (χ4v) is 4.23. The van der Waals surface area contributed by atoms with Crippen LogP contribution < -0.4 is 10.6 Å². The molecule has 2 N–H and O–H groups in total. The van der Waals surface area contributed by atoms with Crippen LogP contribution in [0, 0.1) is 5.92 Å². The molecule has 1 saturated carbocycles. The van der Waals surface area contributed by atoms with E-state index < -0.39 is 0 Å². The van der Waals surface area contributed by atoms with E-state index in [0.29, 0.717) is 12.3 Å². The SMILES string of the molecule is CCC(N)Cc1ccc2c(c1)CCN2C(=O)CCC1CCCCC1. The Morgan fingerprint density at radius 2 is 2.08 bits per heavy atom. The molecule has 132 valence electrons. The summed E-state index contributed by atoms with van der Waals surface area (Å²) in [4.78, 5) is 14.7. The van der Waals surface area contributed by atoms with Gasteiger partial charge in [0.2, 0.25) is 5.91 Å².